The highest BCUT2D eigenvalue weighted by Gasteiger charge is 2.39. The summed E-state index contributed by atoms with van der Waals surface area (Å²) in [5.41, 5.74) is 0.405. The molecule has 2 fully saturated rings. The number of rotatable bonds is 3. The van der Waals surface area contributed by atoms with Crippen molar-refractivity contribution in [2.45, 2.75) is 69.8 Å². The Morgan fingerprint density at radius 3 is 2.05 bits per heavy atom. The van der Waals surface area contributed by atoms with Crippen molar-refractivity contribution < 1.29 is 4.74 Å². The summed E-state index contributed by atoms with van der Waals surface area (Å²) < 4.78 is 5.53. The molecular weight excluding hydrogens is 297 g/mol. The Morgan fingerprint density at radius 2 is 1.55 bits per heavy atom. The Kier molecular flexibility index (Phi) is 7.77. The minimum Gasteiger partial charge on any atom is -0.378 e. The van der Waals surface area contributed by atoms with Crippen LogP contribution >= 0.6 is 24.8 Å². The van der Waals surface area contributed by atoms with E-state index in [1.165, 1.54) is 12.8 Å². The van der Waals surface area contributed by atoms with Crippen LogP contribution in [0.25, 0.3) is 0 Å². The van der Waals surface area contributed by atoms with Gasteiger partial charge < -0.3 is 20.7 Å². The number of methoxy groups -OCH3 is 1. The molecule has 2 saturated heterocycles. The van der Waals surface area contributed by atoms with Crippen LogP contribution in [0, 0.1) is 0 Å². The van der Waals surface area contributed by atoms with E-state index < -0.39 is 0 Å². The number of piperidine rings is 1. The summed E-state index contributed by atoms with van der Waals surface area (Å²) in [6.45, 7) is 11.2. The first-order valence-corrected chi connectivity index (χ1v) is 7.10. The molecule has 3 N–H and O–H groups in total. The van der Waals surface area contributed by atoms with E-state index in [9.17, 15) is 0 Å². The highest BCUT2D eigenvalue weighted by Crippen LogP contribution is 2.29. The first-order valence-electron chi connectivity index (χ1n) is 7.10. The second-order valence-corrected chi connectivity index (χ2v) is 7.20. The monoisotopic (exact) mass is 327 g/mol. The molecular formula is C14H31Cl2N3O. The number of halogens is 2. The van der Waals surface area contributed by atoms with Gasteiger partial charge in [0, 0.05) is 43.4 Å². The molecule has 2 aliphatic rings. The van der Waals surface area contributed by atoms with Gasteiger partial charge in [0.15, 0.2) is 0 Å². The maximum absolute atomic E-state index is 5.53. The summed E-state index contributed by atoms with van der Waals surface area (Å²) in [4.78, 5) is 0. The van der Waals surface area contributed by atoms with Crippen molar-refractivity contribution in [2.24, 2.45) is 0 Å². The highest BCUT2D eigenvalue weighted by molar-refractivity contribution is 5.85. The molecule has 0 saturated carbocycles. The fourth-order valence-electron chi connectivity index (χ4n) is 3.81. The van der Waals surface area contributed by atoms with Gasteiger partial charge in [0.05, 0.1) is 6.10 Å². The smallest absolute Gasteiger partial charge is 0.0860 e. The van der Waals surface area contributed by atoms with E-state index in [1.807, 2.05) is 7.11 Å². The third kappa shape index (κ3) is 5.32. The molecule has 2 aliphatic heterocycles. The Labute approximate surface area is 136 Å². The van der Waals surface area contributed by atoms with Gasteiger partial charge in [0.2, 0.25) is 0 Å². The van der Waals surface area contributed by atoms with Crippen molar-refractivity contribution in [1.82, 2.24) is 16.0 Å². The lowest BCUT2D eigenvalue weighted by atomic mass is 9.79. The highest BCUT2D eigenvalue weighted by atomic mass is 35.5. The van der Waals surface area contributed by atoms with E-state index in [4.69, 9.17) is 4.74 Å². The molecule has 0 spiro atoms. The van der Waals surface area contributed by atoms with Gasteiger partial charge in [-0.1, -0.05) is 0 Å². The van der Waals surface area contributed by atoms with Gasteiger partial charge in [-0.15, -0.1) is 24.8 Å². The fourth-order valence-corrected chi connectivity index (χ4v) is 3.81. The average Bonchev–Trinajstić information content (AvgIpc) is 2.59. The van der Waals surface area contributed by atoms with Crippen LogP contribution < -0.4 is 16.0 Å². The summed E-state index contributed by atoms with van der Waals surface area (Å²) >= 11 is 0. The van der Waals surface area contributed by atoms with Crippen LogP contribution in [0.3, 0.4) is 0 Å². The van der Waals surface area contributed by atoms with E-state index in [0.717, 1.165) is 13.1 Å². The minimum absolute atomic E-state index is 0. The zero-order valence-corrected chi connectivity index (χ0v) is 14.9. The molecule has 0 amide bonds. The predicted molar refractivity (Wildman–Crippen MR) is 89.4 cm³/mol. The predicted octanol–water partition coefficient (Wildman–Crippen LogP) is 1.72. The van der Waals surface area contributed by atoms with Crippen molar-refractivity contribution in [3.05, 3.63) is 0 Å². The van der Waals surface area contributed by atoms with Crippen molar-refractivity contribution in [2.75, 3.05) is 20.2 Å². The average molecular weight is 328 g/mol. The van der Waals surface area contributed by atoms with Crippen LogP contribution in [0.1, 0.15) is 40.5 Å². The molecule has 0 bridgehead atoms. The zero-order valence-electron chi connectivity index (χ0n) is 13.3. The molecule has 4 nitrogen and oxygen atoms in total. The van der Waals surface area contributed by atoms with E-state index in [0.29, 0.717) is 18.2 Å². The lowest BCUT2D eigenvalue weighted by molar-refractivity contribution is 0.0774. The Hall–Kier alpha value is 0.420. The standard InChI is InChI=1S/C14H29N3O.2ClH/c1-13(2)6-10(7-14(3,4)17-13)16-11-8-15-9-12(11)18-5;;/h10-12,15-17H,6-9H2,1-5H3;2*1H/t11-,12-;;/m0../s1. The van der Waals surface area contributed by atoms with Gasteiger partial charge in [-0.2, -0.15) is 0 Å². The third-order valence-corrected chi connectivity index (χ3v) is 4.10. The molecule has 0 aromatic carbocycles. The summed E-state index contributed by atoms with van der Waals surface area (Å²) in [6, 6.07) is 1.02. The molecule has 122 valence electrons. The van der Waals surface area contributed by atoms with Gasteiger partial charge in [-0.05, 0) is 40.5 Å². The van der Waals surface area contributed by atoms with Gasteiger partial charge in [-0.25, -0.2) is 0 Å². The molecule has 2 heterocycles. The van der Waals surface area contributed by atoms with Crippen molar-refractivity contribution >= 4 is 24.8 Å². The van der Waals surface area contributed by atoms with Gasteiger partial charge in [0.25, 0.3) is 0 Å². The summed E-state index contributed by atoms with van der Waals surface area (Å²) in [5.74, 6) is 0. The van der Waals surface area contributed by atoms with Crippen LogP contribution in [0.2, 0.25) is 0 Å². The number of nitrogens with one attached hydrogen (secondary N) is 3. The second kappa shape index (κ2) is 7.61. The summed E-state index contributed by atoms with van der Waals surface area (Å²) in [7, 11) is 1.81. The lowest BCUT2D eigenvalue weighted by Gasteiger charge is -2.47. The number of hydrogen-bond acceptors (Lipinski definition) is 4. The minimum atomic E-state index is 0. The Bertz CT molecular complexity index is 284. The molecule has 6 heteroatoms. The van der Waals surface area contributed by atoms with E-state index in [-0.39, 0.29) is 35.9 Å². The SMILES string of the molecule is CO[C@H]1CNC[C@@H]1NC1CC(C)(C)NC(C)(C)C1.Cl.Cl. The zero-order chi connectivity index (χ0) is 13.4. The normalized spacial score (nSPS) is 32.2. The van der Waals surface area contributed by atoms with Gasteiger partial charge >= 0.3 is 0 Å². The first kappa shape index (κ1) is 20.4. The maximum Gasteiger partial charge on any atom is 0.0860 e. The Morgan fingerprint density at radius 1 is 1.00 bits per heavy atom. The van der Waals surface area contributed by atoms with E-state index in [2.05, 4.69) is 43.6 Å². The van der Waals surface area contributed by atoms with Crippen LogP contribution in [0.4, 0.5) is 0 Å². The molecule has 0 aromatic rings. The second-order valence-electron chi connectivity index (χ2n) is 7.20. The largest absolute Gasteiger partial charge is 0.378 e. The molecule has 0 radical (unpaired) electrons. The van der Waals surface area contributed by atoms with E-state index in [1.54, 1.807) is 0 Å². The van der Waals surface area contributed by atoms with Gasteiger partial charge in [-0.3, -0.25) is 0 Å². The quantitative estimate of drug-likeness (QED) is 0.738. The number of hydrogen-bond donors (Lipinski definition) is 3. The Balaban J connectivity index is 0.00000180. The van der Waals surface area contributed by atoms with Crippen molar-refractivity contribution in [3.8, 4) is 0 Å². The molecule has 2 atom stereocenters. The maximum atomic E-state index is 5.53. The fraction of sp³-hybridized carbons (Fsp3) is 1.00. The van der Waals surface area contributed by atoms with Crippen molar-refractivity contribution in [1.29, 1.82) is 0 Å². The lowest BCUT2D eigenvalue weighted by Crippen LogP contribution is -2.63. The molecule has 0 aliphatic carbocycles. The molecule has 2 rings (SSSR count). The van der Waals surface area contributed by atoms with Crippen LogP contribution in [-0.4, -0.2) is 49.5 Å². The van der Waals surface area contributed by atoms with E-state index >= 15 is 0 Å². The van der Waals surface area contributed by atoms with Crippen LogP contribution in [-0.2, 0) is 4.74 Å². The van der Waals surface area contributed by atoms with Crippen LogP contribution in [0.5, 0.6) is 0 Å². The molecule has 0 unspecified atom stereocenters. The third-order valence-electron chi connectivity index (χ3n) is 4.10. The van der Waals surface area contributed by atoms with Gasteiger partial charge in [0.1, 0.15) is 0 Å². The van der Waals surface area contributed by atoms with Crippen molar-refractivity contribution in [3.63, 3.8) is 0 Å². The summed E-state index contributed by atoms with van der Waals surface area (Å²) in [6.07, 6.45) is 2.65. The summed E-state index contributed by atoms with van der Waals surface area (Å²) in [5, 5.41) is 10.9. The topological polar surface area (TPSA) is 45.3 Å². The van der Waals surface area contributed by atoms with Crippen LogP contribution in [0.15, 0.2) is 0 Å². The first-order chi connectivity index (χ1) is 8.31. The molecule has 20 heavy (non-hydrogen) atoms. The number of ether oxygens (including phenoxy) is 1. The molecule has 0 aromatic heterocycles.